The van der Waals surface area contributed by atoms with Crippen LogP contribution in [0.4, 0.5) is 0 Å². The lowest BCUT2D eigenvalue weighted by Crippen LogP contribution is -2.06. The summed E-state index contributed by atoms with van der Waals surface area (Å²) in [6.07, 6.45) is 0. The van der Waals surface area contributed by atoms with Crippen LogP contribution in [0.15, 0.2) is 0 Å². The first-order valence-electron chi connectivity index (χ1n) is 3.97. The molecule has 0 fully saturated rings. The molecule has 0 heterocycles. The van der Waals surface area contributed by atoms with Gasteiger partial charge < -0.3 is 14.2 Å². The van der Waals surface area contributed by atoms with Gasteiger partial charge in [-0.05, 0) is 0 Å². The number of methoxy groups -OCH3 is 2. The van der Waals surface area contributed by atoms with Crippen molar-refractivity contribution in [3.8, 4) is 0 Å². The third kappa shape index (κ3) is 17.7. The van der Waals surface area contributed by atoms with Crippen LogP contribution in [0.1, 0.15) is 13.8 Å². The van der Waals surface area contributed by atoms with E-state index in [-0.39, 0.29) is 0 Å². The highest BCUT2D eigenvalue weighted by atomic mass is 16.5. The fraction of sp³-hybridized carbons (Fsp3) is 1.00. The van der Waals surface area contributed by atoms with Gasteiger partial charge in [0, 0.05) is 14.2 Å². The Bertz CT molecular complexity index is 42.6. The summed E-state index contributed by atoms with van der Waals surface area (Å²) in [4.78, 5) is 0. The van der Waals surface area contributed by atoms with Crippen molar-refractivity contribution in [2.75, 3.05) is 40.6 Å². The van der Waals surface area contributed by atoms with Crippen LogP contribution in [0.25, 0.3) is 0 Å². The molecular formula is C8H20O3. The van der Waals surface area contributed by atoms with Crippen molar-refractivity contribution in [3.63, 3.8) is 0 Å². The van der Waals surface area contributed by atoms with Gasteiger partial charge in [0.15, 0.2) is 0 Å². The first kappa shape index (κ1) is 13.5. The summed E-state index contributed by atoms with van der Waals surface area (Å²) in [6, 6.07) is 0. The maximum atomic E-state index is 5.06. The second kappa shape index (κ2) is 16.5. The zero-order valence-corrected chi connectivity index (χ0v) is 8.05. The Labute approximate surface area is 69.6 Å². The Morgan fingerprint density at radius 1 is 0.727 bits per heavy atom. The molecule has 0 aromatic heterocycles. The molecule has 3 nitrogen and oxygen atoms in total. The van der Waals surface area contributed by atoms with Gasteiger partial charge in [0.25, 0.3) is 0 Å². The number of rotatable bonds is 6. The minimum absolute atomic E-state index is 0.653. The lowest BCUT2D eigenvalue weighted by Gasteiger charge is -2.00. The zero-order valence-electron chi connectivity index (χ0n) is 8.05. The van der Waals surface area contributed by atoms with Gasteiger partial charge in [0.05, 0.1) is 26.4 Å². The van der Waals surface area contributed by atoms with Crippen molar-refractivity contribution in [1.82, 2.24) is 0 Å². The highest BCUT2D eigenvalue weighted by Crippen LogP contribution is 1.75. The topological polar surface area (TPSA) is 27.7 Å². The molecule has 3 heteroatoms. The van der Waals surface area contributed by atoms with E-state index in [1.165, 1.54) is 0 Å². The molecule has 0 aliphatic heterocycles. The smallest absolute Gasteiger partial charge is 0.0701 e. The van der Waals surface area contributed by atoms with E-state index < -0.39 is 0 Å². The van der Waals surface area contributed by atoms with Gasteiger partial charge >= 0.3 is 0 Å². The summed E-state index contributed by atoms with van der Waals surface area (Å²) < 4.78 is 14.6. The van der Waals surface area contributed by atoms with Crippen LogP contribution >= 0.6 is 0 Å². The van der Waals surface area contributed by atoms with Gasteiger partial charge in [-0.1, -0.05) is 13.8 Å². The van der Waals surface area contributed by atoms with Crippen LogP contribution in [0.5, 0.6) is 0 Å². The summed E-state index contributed by atoms with van der Waals surface area (Å²) in [5, 5.41) is 0. The summed E-state index contributed by atoms with van der Waals surface area (Å²) >= 11 is 0. The minimum atomic E-state index is 0.653. The Morgan fingerprint density at radius 3 is 1.36 bits per heavy atom. The summed E-state index contributed by atoms with van der Waals surface area (Å²) in [6.45, 7) is 6.62. The van der Waals surface area contributed by atoms with Crippen molar-refractivity contribution >= 4 is 0 Å². The van der Waals surface area contributed by atoms with E-state index in [4.69, 9.17) is 14.2 Å². The van der Waals surface area contributed by atoms with Crippen LogP contribution in [-0.4, -0.2) is 40.6 Å². The third-order valence-electron chi connectivity index (χ3n) is 0.864. The van der Waals surface area contributed by atoms with Gasteiger partial charge in [0.2, 0.25) is 0 Å². The molecule has 0 saturated carbocycles. The molecule has 0 unspecified atom stereocenters. The summed E-state index contributed by atoms with van der Waals surface area (Å²) in [7, 11) is 3.30. The maximum Gasteiger partial charge on any atom is 0.0701 e. The Morgan fingerprint density at radius 2 is 1.09 bits per heavy atom. The molecule has 70 valence electrons. The van der Waals surface area contributed by atoms with Crippen LogP contribution in [-0.2, 0) is 14.2 Å². The number of hydrogen-bond acceptors (Lipinski definition) is 3. The Kier molecular flexibility index (Phi) is 20.2. The van der Waals surface area contributed by atoms with E-state index in [2.05, 4.69) is 0 Å². The van der Waals surface area contributed by atoms with Crippen LogP contribution in [0.3, 0.4) is 0 Å². The molecule has 0 rings (SSSR count). The molecule has 0 radical (unpaired) electrons. The first-order chi connectivity index (χ1) is 5.41. The zero-order chi connectivity index (χ0) is 8.95. The minimum Gasteiger partial charge on any atom is -0.382 e. The SMILES string of the molecule is CC.COCCOCCOC. The van der Waals surface area contributed by atoms with E-state index >= 15 is 0 Å². The lowest BCUT2D eigenvalue weighted by atomic mass is 10.7. The van der Waals surface area contributed by atoms with Crippen molar-refractivity contribution < 1.29 is 14.2 Å². The molecule has 0 N–H and O–H groups in total. The van der Waals surface area contributed by atoms with E-state index in [1.807, 2.05) is 13.8 Å². The molecule has 0 spiro atoms. The van der Waals surface area contributed by atoms with Gasteiger partial charge in [-0.25, -0.2) is 0 Å². The lowest BCUT2D eigenvalue weighted by molar-refractivity contribution is 0.0385. The summed E-state index contributed by atoms with van der Waals surface area (Å²) in [5.74, 6) is 0. The Balaban J connectivity index is 0. The van der Waals surface area contributed by atoms with Gasteiger partial charge in [-0.2, -0.15) is 0 Å². The van der Waals surface area contributed by atoms with E-state index in [0.29, 0.717) is 26.4 Å². The molecule has 0 aromatic carbocycles. The van der Waals surface area contributed by atoms with Gasteiger partial charge in [0.1, 0.15) is 0 Å². The molecule has 0 atom stereocenters. The van der Waals surface area contributed by atoms with Gasteiger partial charge in [-0.15, -0.1) is 0 Å². The van der Waals surface area contributed by atoms with Crippen molar-refractivity contribution in [1.29, 1.82) is 0 Å². The second-order valence-electron chi connectivity index (χ2n) is 1.60. The molecule has 11 heavy (non-hydrogen) atoms. The monoisotopic (exact) mass is 164 g/mol. The second-order valence-corrected chi connectivity index (χ2v) is 1.60. The third-order valence-corrected chi connectivity index (χ3v) is 0.864. The normalized spacial score (nSPS) is 8.73. The van der Waals surface area contributed by atoms with Crippen LogP contribution in [0, 0.1) is 0 Å². The van der Waals surface area contributed by atoms with E-state index in [1.54, 1.807) is 14.2 Å². The molecule has 0 bridgehead atoms. The molecule has 0 saturated heterocycles. The fourth-order valence-corrected chi connectivity index (χ4v) is 0.387. The van der Waals surface area contributed by atoms with Crippen molar-refractivity contribution in [2.24, 2.45) is 0 Å². The largest absolute Gasteiger partial charge is 0.382 e. The van der Waals surface area contributed by atoms with E-state index in [0.717, 1.165) is 0 Å². The van der Waals surface area contributed by atoms with Crippen molar-refractivity contribution in [3.05, 3.63) is 0 Å². The number of hydrogen-bond donors (Lipinski definition) is 0. The van der Waals surface area contributed by atoms with Gasteiger partial charge in [-0.3, -0.25) is 0 Å². The van der Waals surface area contributed by atoms with E-state index in [9.17, 15) is 0 Å². The summed E-state index contributed by atoms with van der Waals surface area (Å²) in [5.41, 5.74) is 0. The molecular weight excluding hydrogens is 144 g/mol. The number of ether oxygens (including phenoxy) is 3. The average Bonchev–Trinajstić information content (AvgIpc) is 2.08. The van der Waals surface area contributed by atoms with Crippen LogP contribution in [0.2, 0.25) is 0 Å². The average molecular weight is 164 g/mol. The standard InChI is InChI=1S/C6H14O3.C2H6/c1-7-3-5-9-6-4-8-2;1-2/h3-6H2,1-2H3;1-2H3. The predicted octanol–water partition coefficient (Wildman–Crippen LogP) is 1.32. The first-order valence-corrected chi connectivity index (χ1v) is 3.97. The predicted molar refractivity (Wildman–Crippen MR) is 45.9 cm³/mol. The Hall–Kier alpha value is -0.120. The van der Waals surface area contributed by atoms with Crippen LogP contribution < -0.4 is 0 Å². The molecule has 0 aromatic rings. The molecule has 0 amide bonds. The molecule has 0 aliphatic carbocycles. The maximum absolute atomic E-state index is 5.06. The fourth-order valence-electron chi connectivity index (χ4n) is 0.387. The molecule has 0 aliphatic rings. The highest BCUT2D eigenvalue weighted by molar-refractivity contribution is 4.28. The quantitative estimate of drug-likeness (QED) is 0.554. The van der Waals surface area contributed by atoms with Crippen molar-refractivity contribution in [2.45, 2.75) is 13.8 Å². The highest BCUT2D eigenvalue weighted by Gasteiger charge is 1.84.